The second kappa shape index (κ2) is 5.27. The van der Waals surface area contributed by atoms with E-state index in [1.807, 2.05) is 30.1 Å². The highest BCUT2D eigenvalue weighted by Crippen LogP contribution is 2.13. The van der Waals surface area contributed by atoms with Gasteiger partial charge in [0, 0.05) is 13.6 Å². The molecule has 0 saturated heterocycles. The topological polar surface area (TPSA) is 67.1 Å². The van der Waals surface area contributed by atoms with Gasteiger partial charge in [-0.05, 0) is 5.56 Å². The number of nitrogen functional groups attached to an aromatic ring is 1. The smallest absolute Gasteiger partial charge is 0.160 e. The summed E-state index contributed by atoms with van der Waals surface area (Å²) in [6, 6.07) is 10.2. The maximum absolute atomic E-state index is 5.30. The van der Waals surface area contributed by atoms with Crippen LogP contribution in [0.1, 0.15) is 5.56 Å². The standard InChI is InChI=1S/C12H15N5/c1-17(9-10-5-3-2-4-6-10)12-8-14-7-11(15-12)16-13/h2-8H,9,13H2,1H3,(H,15,16). The number of aromatic nitrogens is 2. The molecule has 88 valence electrons. The summed E-state index contributed by atoms with van der Waals surface area (Å²) in [7, 11) is 1.97. The third-order valence-corrected chi connectivity index (χ3v) is 2.42. The van der Waals surface area contributed by atoms with E-state index in [1.165, 1.54) is 5.56 Å². The second-order valence-electron chi connectivity index (χ2n) is 3.75. The summed E-state index contributed by atoms with van der Waals surface area (Å²) in [6.45, 7) is 0.781. The van der Waals surface area contributed by atoms with Crippen LogP contribution >= 0.6 is 0 Å². The minimum atomic E-state index is 0.558. The Kier molecular flexibility index (Phi) is 3.52. The van der Waals surface area contributed by atoms with Gasteiger partial charge in [0.1, 0.15) is 5.82 Å². The van der Waals surface area contributed by atoms with E-state index in [0.29, 0.717) is 5.82 Å². The van der Waals surface area contributed by atoms with Crippen molar-refractivity contribution in [1.29, 1.82) is 0 Å². The molecule has 2 aromatic rings. The van der Waals surface area contributed by atoms with Gasteiger partial charge in [-0.1, -0.05) is 30.3 Å². The van der Waals surface area contributed by atoms with Crippen LogP contribution in [0.15, 0.2) is 42.7 Å². The fourth-order valence-electron chi connectivity index (χ4n) is 1.55. The molecule has 0 saturated carbocycles. The van der Waals surface area contributed by atoms with Crippen molar-refractivity contribution in [2.75, 3.05) is 17.4 Å². The first-order chi connectivity index (χ1) is 8.29. The molecule has 17 heavy (non-hydrogen) atoms. The molecule has 5 nitrogen and oxygen atoms in total. The molecule has 0 amide bonds. The maximum atomic E-state index is 5.30. The normalized spacial score (nSPS) is 10.0. The fourth-order valence-corrected chi connectivity index (χ4v) is 1.55. The number of rotatable bonds is 4. The Labute approximate surface area is 100 Å². The molecule has 0 fully saturated rings. The molecular formula is C12H15N5. The first-order valence-corrected chi connectivity index (χ1v) is 5.33. The van der Waals surface area contributed by atoms with Crippen LogP contribution in [0, 0.1) is 0 Å². The summed E-state index contributed by atoms with van der Waals surface area (Å²) >= 11 is 0. The maximum Gasteiger partial charge on any atom is 0.160 e. The van der Waals surface area contributed by atoms with Crippen LogP contribution in [0.2, 0.25) is 0 Å². The Morgan fingerprint density at radius 2 is 2.00 bits per heavy atom. The van der Waals surface area contributed by atoms with Crippen LogP contribution < -0.4 is 16.2 Å². The first kappa shape index (κ1) is 11.3. The number of nitrogens with two attached hydrogens (primary N) is 1. The lowest BCUT2D eigenvalue weighted by Crippen LogP contribution is -2.19. The molecule has 0 aliphatic carbocycles. The number of nitrogens with zero attached hydrogens (tertiary/aromatic N) is 3. The highest BCUT2D eigenvalue weighted by Gasteiger charge is 2.04. The molecule has 1 aromatic heterocycles. The van der Waals surface area contributed by atoms with Gasteiger partial charge in [0.15, 0.2) is 5.82 Å². The first-order valence-electron chi connectivity index (χ1n) is 5.33. The molecule has 0 aliphatic rings. The molecule has 5 heteroatoms. The molecule has 0 unspecified atom stereocenters. The fraction of sp³-hybridized carbons (Fsp3) is 0.167. The van der Waals surface area contributed by atoms with E-state index in [9.17, 15) is 0 Å². The van der Waals surface area contributed by atoms with Gasteiger partial charge in [-0.25, -0.2) is 10.8 Å². The Balaban J connectivity index is 2.11. The third-order valence-electron chi connectivity index (χ3n) is 2.42. The number of hydrazine groups is 1. The minimum absolute atomic E-state index is 0.558. The minimum Gasteiger partial charge on any atom is -0.354 e. The summed E-state index contributed by atoms with van der Waals surface area (Å²) < 4.78 is 0. The molecule has 0 spiro atoms. The highest BCUT2D eigenvalue weighted by atomic mass is 15.3. The van der Waals surface area contributed by atoms with E-state index in [4.69, 9.17) is 5.84 Å². The van der Waals surface area contributed by atoms with Gasteiger partial charge < -0.3 is 10.3 Å². The average molecular weight is 229 g/mol. The lowest BCUT2D eigenvalue weighted by molar-refractivity contribution is 0.890. The van der Waals surface area contributed by atoms with Crippen molar-refractivity contribution < 1.29 is 0 Å². The lowest BCUT2D eigenvalue weighted by atomic mass is 10.2. The Bertz CT molecular complexity index is 471. The van der Waals surface area contributed by atoms with E-state index in [2.05, 4.69) is 27.5 Å². The Morgan fingerprint density at radius 3 is 2.71 bits per heavy atom. The Hall–Kier alpha value is -2.14. The quantitative estimate of drug-likeness (QED) is 0.612. The van der Waals surface area contributed by atoms with Gasteiger partial charge in [0.2, 0.25) is 0 Å². The number of anilines is 2. The van der Waals surface area contributed by atoms with Crippen molar-refractivity contribution in [2.45, 2.75) is 6.54 Å². The zero-order valence-electron chi connectivity index (χ0n) is 9.67. The molecule has 0 bridgehead atoms. The van der Waals surface area contributed by atoms with E-state index < -0.39 is 0 Å². The second-order valence-corrected chi connectivity index (χ2v) is 3.75. The largest absolute Gasteiger partial charge is 0.354 e. The van der Waals surface area contributed by atoms with Crippen LogP contribution in [-0.2, 0) is 6.54 Å². The average Bonchev–Trinajstić information content (AvgIpc) is 2.40. The summed E-state index contributed by atoms with van der Waals surface area (Å²) in [6.07, 6.45) is 3.30. The van der Waals surface area contributed by atoms with Crippen molar-refractivity contribution in [3.8, 4) is 0 Å². The van der Waals surface area contributed by atoms with E-state index in [1.54, 1.807) is 12.4 Å². The lowest BCUT2D eigenvalue weighted by Gasteiger charge is -2.18. The Morgan fingerprint density at radius 1 is 1.24 bits per heavy atom. The molecule has 0 aliphatic heterocycles. The highest BCUT2D eigenvalue weighted by molar-refractivity contribution is 5.43. The number of benzene rings is 1. The number of nitrogens with one attached hydrogen (secondary N) is 1. The van der Waals surface area contributed by atoms with Gasteiger partial charge in [-0.2, -0.15) is 0 Å². The molecule has 1 aromatic carbocycles. The summed E-state index contributed by atoms with van der Waals surface area (Å²) in [5.74, 6) is 6.64. The van der Waals surface area contributed by atoms with E-state index in [0.717, 1.165) is 12.4 Å². The van der Waals surface area contributed by atoms with Crippen LogP contribution in [-0.4, -0.2) is 17.0 Å². The van der Waals surface area contributed by atoms with Crippen LogP contribution in [0.25, 0.3) is 0 Å². The number of hydrogen-bond acceptors (Lipinski definition) is 5. The monoisotopic (exact) mass is 229 g/mol. The molecule has 0 atom stereocenters. The van der Waals surface area contributed by atoms with E-state index >= 15 is 0 Å². The summed E-state index contributed by atoms with van der Waals surface area (Å²) in [4.78, 5) is 10.4. The predicted molar refractivity (Wildman–Crippen MR) is 68.4 cm³/mol. The van der Waals surface area contributed by atoms with Gasteiger partial charge in [0.25, 0.3) is 0 Å². The van der Waals surface area contributed by atoms with Crippen LogP contribution in [0.4, 0.5) is 11.6 Å². The molecular weight excluding hydrogens is 214 g/mol. The summed E-state index contributed by atoms with van der Waals surface area (Å²) in [5.41, 5.74) is 3.71. The van der Waals surface area contributed by atoms with Gasteiger partial charge >= 0.3 is 0 Å². The predicted octanol–water partition coefficient (Wildman–Crippen LogP) is 1.40. The molecule has 1 heterocycles. The van der Waals surface area contributed by atoms with Crippen LogP contribution in [0.3, 0.4) is 0 Å². The zero-order valence-corrected chi connectivity index (χ0v) is 9.67. The SMILES string of the molecule is CN(Cc1ccccc1)c1cncc(NN)n1. The van der Waals surface area contributed by atoms with Crippen molar-refractivity contribution >= 4 is 11.6 Å². The van der Waals surface area contributed by atoms with Gasteiger partial charge in [0.05, 0.1) is 12.4 Å². The third kappa shape index (κ3) is 2.92. The van der Waals surface area contributed by atoms with Crippen molar-refractivity contribution in [3.63, 3.8) is 0 Å². The molecule has 2 rings (SSSR count). The van der Waals surface area contributed by atoms with Crippen molar-refractivity contribution in [3.05, 3.63) is 48.3 Å². The van der Waals surface area contributed by atoms with Gasteiger partial charge in [-0.3, -0.25) is 4.98 Å². The molecule has 3 N–H and O–H groups in total. The van der Waals surface area contributed by atoms with Crippen molar-refractivity contribution in [2.24, 2.45) is 5.84 Å². The van der Waals surface area contributed by atoms with E-state index in [-0.39, 0.29) is 0 Å². The summed E-state index contributed by atoms with van der Waals surface area (Å²) in [5, 5.41) is 0. The zero-order chi connectivity index (χ0) is 12.1. The van der Waals surface area contributed by atoms with Gasteiger partial charge in [-0.15, -0.1) is 0 Å². The molecule has 0 radical (unpaired) electrons. The number of hydrogen-bond donors (Lipinski definition) is 2. The van der Waals surface area contributed by atoms with Crippen LogP contribution in [0.5, 0.6) is 0 Å². The van der Waals surface area contributed by atoms with Crippen molar-refractivity contribution in [1.82, 2.24) is 9.97 Å².